The lowest BCUT2D eigenvalue weighted by molar-refractivity contribution is 0.775. The van der Waals surface area contributed by atoms with E-state index in [2.05, 4.69) is 50.1 Å². The molecule has 0 amide bonds. The average Bonchev–Trinajstić information content (AvgIpc) is 2.38. The van der Waals surface area contributed by atoms with Crippen molar-refractivity contribution in [2.24, 2.45) is 0 Å². The van der Waals surface area contributed by atoms with Gasteiger partial charge < -0.3 is 0 Å². The molecule has 0 radical (unpaired) electrons. The molecule has 0 aliphatic rings. The SMILES string of the molecule is Clc1ccc(CC(CBr)c2cccc(Br)c2)c(Cl)c1. The van der Waals surface area contributed by atoms with Crippen LogP contribution in [0.3, 0.4) is 0 Å². The molecule has 0 aliphatic heterocycles. The van der Waals surface area contributed by atoms with Crippen molar-refractivity contribution >= 4 is 55.1 Å². The van der Waals surface area contributed by atoms with Crippen LogP contribution in [0.5, 0.6) is 0 Å². The molecule has 0 heterocycles. The lowest BCUT2D eigenvalue weighted by Gasteiger charge is -2.16. The number of halogens is 4. The molecule has 0 nitrogen and oxygen atoms in total. The van der Waals surface area contributed by atoms with E-state index >= 15 is 0 Å². The summed E-state index contributed by atoms with van der Waals surface area (Å²) in [5.74, 6) is 0.385. The average molecular weight is 423 g/mol. The normalized spacial score (nSPS) is 12.4. The van der Waals surface area contributed by atoms with Crippen LogP contribution in [0.1, 0.15) is 17.0 Å². The Kier molecular flexibility index (Phi) is 5.76. The molecule has 0 saturated carbocycles. The van der Waals surface area contributed by atoms with Crippen molar-refractivity contribution in [3.63, 3.8) is 0 Å². The van der Waals surface area contributed by atoms with Crippen LogP contribution in [0.2, 0.25) is 10.0 Å². The molecule has 1 unspecified atom stereocenters. The standard InChI is InChI=1S/C15H12Br2Cl2/c16-9-12(10-2-1-3-13(17)7-10)6-11-4-5-14(18)8-15(11)19/h1-5,7-8,12H,6,9H2. The summed E-state index contributed by atoms with van der Waals surface area (Å²) >= 11 is 19.3. The molecule has 100 valence electrons. The minimum absolute atomic E-state index is 0.385. The Balaban J connectivity index is 2.24. The van der Waals surface area contributed by atoms with E-state index in [0.717, 1.165) is 26.8 Å². The molecule has 0 aromatic heterocycles. The van der Waals surface area contributed by atoms with Crippen LogP contribution >= 0.6 is 55.1 Å². The second-order valence-corrected chi connectivity index (χ2v) is 6.75. The number of rotatable bonds is 4. The zero-order chi connectivity index (χ0) is 13.8. The fourth-order valence-corrected chi connectivity index (χ4v) is 3.48. The van der Waals surface area contributed by atoms with E-state index in [1.807, 2.05) is 18.2 Å². The molecule has 4 heteroatoms. The second kappa shape index (κ2) is 7.12. The zero-order valence-electron chi connectivity index (χ0n) is 10.0. The molecular weight excluding hydrogens is 411 g/mol. The summed E-state index contributed by atoms with van der Waals surface area (Å²) in [6, 6.07) is 14.1. The summed E-state index contributed by atoms with van der Waals surface area (Å²) < 4.78 is 1.10. The maximum atomic E-state index is 6.24. The van der Waals surface area contributed by atoms with Crippen molar-refractivity contribution in [3.05, 3.63) is 68.1 Å². The molecule has 0 spiro atoms. The van der Waals surface area contributed by atoms with Crippen LogP contribution in [0, 0.1) is 0 Å². The molecule has 0 N–H and O–H groups in total. The van der Waals surface area contributed by atoms with Crippen molar-refractivity contribution in [3.8, 4) is 0 Å². The molecule has 19 heavy (non-hydrogen) atoms. The minimum atomic E-state index is 0.385. The molecule has 2 aromatic rings. The first-order valence-corrected chi connectivity index (χ1v) is 8.52. The van der Waals surface area contributed by atoms with Gasteiger partial charge in [-0.3, -0.25) is 0 Å². The summed E-state index contributed by atoms with van der Waals surface area (Å²) in [5, 5.41) is 2.29. The van der Waals surface area contributed by atoms with Gasteiger partial charge in [0.15, 0.2) is 0 Å². The molecular formula is C15H12Br2Cl2. The van der Waals surface area contributed by atoms with E-state index < -0.39 is 0 Å². The van der Waals surface area contributed by atoms with Crippen molar-refractivity contribution < 1.29 is 0 Å². The van der Waals surface area contributed by atoms with Gasteiger partial charge >= 0.3 is 0 Å². The Labute approximate surface area is 140 Å². The van der Waals surface area contributed by atoms with Crippen molar-refractivity contribution in [1.29, 1.82) is 0 Å². The molecule has 0 aliphatic carbocycles. The van der Waals surface area contributed by atoms with Gasteiger partial charge in [-0.1, -0.05) is 73.3 Å². The van der Waals surface area contributed by atoms with Crippen molar-refractivity contribution in [2.75, 3.05) is 5.33 Å². The number of benzene rings is 2. The molecule has 0 fully saturated rings. The van der Waals surface area contributed by atoms with Crippen LogP contribution in [-0.2, 0) is 6.42 Å². The maximum Gasteiger partial charge on any atom is 0.0453 e. The topological polar surface area (TPSA) is 0 Å². The minimum Gasteiger partial charge on any atom is -0.0921 e. The zero-order valence-corrected chi connectivity index (χ0v) is 14.7. The second-order valence-electron chi connectivity index (χ2n) is 4.35. The van der Waals surface area contributed by atoms with Gasteiger partial charge in [-0.05, 0) is 47.7 Å². The van der Waals surface area contributed by atoms with Crippen molar-refractivity contribution in [2.45, 2.75) is 12.3 Å². The van der Waals surface area contributed by atoms with Crippen LogP contribution < -0.4 is 0 Å². The molecule has 2 aromatic carbocycles. The molecule has 0 bridgehead atoms. The Morgan fingerprint density at radius 3 is 2.47 bits per heavy atom. The monoisotopic (exact) mass is 420 g/mol. The summed E-state index contributed by atoms with van der Waals surface area (Å²) in [6.45, 7) is 0. The first-order chi connectivity index (χ1) is 9.10. The highest BCUT2D eigenvalue weighted by atomic mass is 79.9. The first kappa shape index (κ1) is 15.4. The fraction of sp³-hybridized carbons (Fsp3) is 0.200. The highest BCUT2D eigenvalue weighted by Crippen LogP contribution is 2.29. The van der Waals surface area contributed by atoms with E-state index in [0.29, 0.717) is 10.9 Å². The van der Waals surface area contributed by atoms with E-state index in [1.165, 1.54) is 5.56 Å². The lowest BCUT2D eigenvalue weighted by Crippen LogP contribution is -2.05. The third kappa shape index (κ3) is 4.22. The van der Waals surface area contributed by atoms with Crippen LogP contribution in [-0.4, -0.2) is 5.33 Å². The van der Waals surface area contributed by atoms with Crippen LogP contribution in [0.25, 0.3) is 0 Å². The van der Waals surface area contributed by atoms with Gasteiger partial charge in [0.25, 0.3) is 0 Å². The van der Waals surface area contributed by atoms with Gasteiger partial charge in [0.05, 0.1) is 0 Å². The quantitative estimate of drug-likeness (QED) is 0.495. The smallest absolute Gasteiger partial charge is 0.0453 e. The Morgan fingerprint density at radius 2 is 1.84 bits per heavy atom. The molecule has 0 saturated heterocycles. The Hall–Kier alpha value is -0.0200. The van der Waals surface area contributed by atoms with Gasteiger partial charge in [0, 0.05) is 19.8 Å². The largest absolute Gasteiger partial charge is 0.0921 e. The third-order valence-electron chi connectivity index (χ3n) is 2.99. The van der Waals surface area contributed by atoms with E-state index in [1.54, 1.807) is 6.07 Å². The summed E-state index contributed by atoms with van der Waals surface area (Å²) in [4.78, 5) is 0. The van der Waals surface area contributed by atoms with Crippen molar-refractivity contribution in [1.82, 2.24) is 0 Å². The highest BCUT2D eigenvalue weighted by Gasteiger charge is 2.13. The number of hydrogen-bond donors (Lipinski definition) is 0. The van der Waals surface area contributed by atoms with Gasteiger partial charge in [0.1, 0.15) is 0 Å². The number of alkyl halides is 1. The van der Waals surface area contributed by atoms with Gasteiger partial charge in [-0.25, -0.2) is 0 Å². The van der Waals surface area contributed by atoms with E-state index in [4.69, 9.17) is 23.2 Å². The van der Waals surface area contributed by atoms with Crippen LogP contribution in [0.4, 0.5) is 0 Å². The van der Waals surface area contributed by atoms with Gasteiger partial charge in [-0.15, -0.1) is 0 Å². The van der Waals surface area contributed by atoms with E-state index in [-0.39, 0.29) is 0 Å². The third-order valence-corrected chi connectivity index (χ3v) is 4.85. The van der Waals surface area contributed by atoms with Gasteiger partial charge in [0.2, 0.25) is 0 Å². The molecule has 2 rings (SSSR count). The predicted molar refractivity (Wildman–Crippen MR) is 90.8 cm³/mol. The fourth-order valence-electron chi connectivity index (χ4n) is 1.97. The summed E-state index contributed by atoms with van der Waals surface area (Å²) in [5.41, 5.74) is 2.41. The van der Waals surface area contributed by atoms with Gasteiger partial charge in [-0.2, -0.15) is 0 Å². The lowest BCUT2D eigenvalue weighted by atomic mass is 9.94. The number of hydrogen-bond acceptors (Lipinski definition) is 0. The summed E-state index contributed by atoms with van der Waals surface area (Å²) in [6.07, 6.45) is 0.887. The Bertz CT molecular complexity index is 570. The van der Waals surface area contributed by atoms with Crippen LogP contribution in [0.15, 0.2) is 46.9 Å². The Morgan fingerprint density at radius 1 is 1.05 bits per heavy atom. The van der Waals surface area contributed by atoms with E-state index in [9.17, 15) is 0 Å². The predicted octanol–water partition coefficient (Wildman–Crippen LogP) is 6.48. The molecule has 1 atom stereocenters. The maximum absolute atomic E-state index is 6.24. The first-order valence-electron chi connectivity index (χ1n) is 5.85. The highest BCUT2D eigenvalue weighted by molar-refractivity contribution is 9.10. The summed E-state index contributed by atoms with van der Waals surface area (Å²) in [7, 11) is 0.